The molecule has 1 aromatic heterocycles. The molecule has 0 unspecified atom stereocenters. The van der Waals surface area contributed by atoms with Crippen LogP contribution in [0.15, 0.2) is 42.7 Å². The maximum Gasteiger partial charge on any atom is 0.239 e. The van der Waals surface area contributed by atoms with Crippen LogP contribution >= 0.6 is 23.2 Å². The zero-order valence-electron chi connectivity index (χ0n) is 15.9. The highest BCUT2D eigenvalue weighted by Crippen LogP contribution is 2.34. The quantitative estimate of drug-likeness (QED) is 0.424. The lowest BCUT2D eigenvalue weighted by molar-refractivity contribution is -0.113. The molecule has 3 N–H and O–H groups in total. The van der Waals surface area contributed by atoms with Gasteiger partial charge in [0.2, 0.25) is 15.9 Å². The Morgan fingerprint density at radius 3 is 2.63 bits per heavy atom. The fraction of sp³-hybridized carbons (Fsp3) is 0.211. The molecule has 0 aliphatic heterocycles. The number of benzene rings is 2. The number of hydrogen-bond donors (Lipinski definition) is 3. The van der Waals surface area contributed by atoms with E-state index in [1.165, 1.54) is 6.33 Å². The summed E-state index contributed by atoms with van der Waals surface area (Å²) in [6, 6.07) is 10.1. The third-order valence-corrected chi connectivity index (χ3v) is 6.16. The molecule has 0 aliphatic rings. The summed E-state index contributed by atoms with van der Waals surface area (Å²) in [5, 5.41) is 6.69. The van der Waals surface area contributed by atoms with Gasteiger partial charge in [0, 0.05) is 11.1 Å². The zero-order valence-corrected chi connectivity index (χ0v) is 18.3. The summed E-state index contributed by atoms with van der Waals surface area (Å²) in [7, 11) is -3.48. The third-order valence-electron chi connectivity index (χ3n) is 4.03. The van der Waals surface area contributed by atoms with E-state index in [0.717, 1.165) is 0 Å². The monoisotopic (exact) mass is 467 g/mol. The first kappa shape index (κ1) is 22.1. The van der Waals surface area contributed by atoms with Crippen LogP contribution in [0.4, 0.5) is 22.9 Å². The number of hydrogen-bond acceptors (Lipinski definition) is 6. The van der Waals surface area contributed by atoms with E-state index in [2.05, 4.69) is 25.3 Å². The summed E-state index contributed by atoms with van der Waals surface area (Å²) in [4.78, 5) is 20.0. The molecule has 3 aromatic rings. The standard InChI is InChI=1S/C19H19Cl2N5O3S/c1-2-8-30(28,29)26-15-5-3-4-14(18(15)21)25-19-13-7-6-12(24-17(27)10-20)9-16(13)22-11-23-19/h3-7,9,11,26H,2,8,10H2,1H3,(H,24,27)(H,22,23,25). The molecule has 8 nitrogen and oxygen atoms in total. The van der Waals surface area contributed by atoms with Gasteiger partial charge in [-0.25, -0.2) is 18.4 Å². The van der Waals surface area contributed by atoms with Gasteiger partial charge in [-0.1, -0.05) is 24.6 Å². The summed E-state index contributed by atoms with van der Waals surface area (Å²) in [5.74, 6) is 0.00854. The van der Waals surface area contributed by atoms with Gasteiger partial charge in [0.05, 0.1) is 27.7 Å². The number of fused-ring (bicyclic) bond motifs is 1. The lowest BCUT2D eigenvalue weighted by atomic mass is 10.2. The van der Waals surface area contributed by atoms with Crippen LogP contribution in [0.25, 0.3) is 10.9 Å². The van der Waals surface area contributed by atoms with Gasteiger partial charge in [-0.3, -0.25) is 9.52 Å². The molecule has 0 radical (unpaired) electrons. The van der Waals surface area contributed by atoms with Crippen molar-refractivity contribution < 1.29 is 13.2 Å². The molecule has 1 amide bonds. The molecule has 0 atom stereocenters. The van der Waals surface area contributed by atoms with E-state index in [4.69, 9.17) is 23.2 Å². The molecule has 2 aromatic carbocycles. The highest BCUT2D eigenvalue weighted by atomic mass is 35.5. The van der Waals surface area contributed by atoms with Gasteiger partial charge in [0.25, 0.3) is 0 Å². The van der Waals surface area contributed by atoms with Gasteiger partial charge in [-0.15, -0.1) is 11.6 Å². The summed E-state index contributed by atoms with van der Waals surface area (Å²) < 4.78 is 26.7. The smallest absolute Gasteiger partial charge is 0.239 e. The summed E-state index contributed by atoms with van der Waals surface area (Å²) in [5.41, 5.74) is 1.91. The van der Waals surface area contributed by atoms with E-state index in [9.17, 15) is 13.2 Å². The number of aromatic nitrogens is 2. The average Bonchev–Trinajstić information content (AvgIpc) is 2.70. The Morgan fingerprint density at radius 1 is 1.13 bits per heavy atom. The van der Waals surface area contributed by atoms with Crippen LogP contribution in [0.2, 0.25) is 5.02 Å². The molecule has 3 rings (SSSR count). The maximum atomic E-state index is 12.1. The Kier molecular flexibility index (Phi) is 6.96. The molecule has 0 saturated carbocycles. The topological polar surface area (TPSA) is 113 Å². The number of carbonyl (C=O) groups is 1. The largest absolute Gasteiger partial charge is 0.338 e. The van der Waals surface area contributed by atoms with Crippen LogP contribution in [0, 0.1) is 0 Å². The molecule has 0 fully saturated rings. The van der Waals surface area contributed by atoms with Crippen LogP contribution in [-0.2, 0) is 14.8 Å². The molecular formula is C19H19Cl2N5O3S. The van der Waals surface area contributed by atoms with Crippen molar-refractivity contribution in [2.45, 2.75) is 13.3 Å². The van der Waals surface area contributed by atoms with Crippen molar-refractivity contribution >= 4 is 72.9 Å². The van der Waals surface area contributed by atoms with Crippen LogP contribution in [0.1, 0.15) is 13.3 Å². The van der Waals surface area contributed by atoms with E-state index in [1.807, 2.05) is 0 Å². The van der Waals surface area contributed by atoms with Gasteiger partial charge < -0.3 is 10.6 Å². The molecule has 0 spiro atoms. The predicted octanol–water partition coefficient (Wildman–Crippen LogP) is 4.36. The Morgan fingerprint density at radius 2 is 1.90 bits per heavy atom. The van der Waals surface area contributed by atoms with E-state index < -0.39 is 10.0 Å². The highest BCUT2D eigenvalue weighted by molar-refractivity contribution is 7.92. The predicted molar refractivity (Wildman–Crippen MR) is 121 cm³/mol. The third kappa shape index (κ3) is 5.29. The molecular weight excluding hydrogens is 449 g/mol. The minimum Gasteiger partial charge on any atom is -0.338 e. The number of nitrogens with zero attached hydrogens (tertiary/aromatic N) is 2. The van der Waals surface area contributed by atoms with E-state index in [1.54, 1.807) is 43.3 Å². The van der Waals surface area contributed by atoms with Gasteiger partial charge in [0.1, 0.15) is 18.0 Å². The van der Waals surface area contributed by atoms with Crippen molar-refractivity contribution in [3.63, 3.8) is 0 Å². The number of alkyl halides is 1. The maximum absolute atomic E-state index is 12.1. The SMILES string of the molecule is CCCS(=O)(=O)Nc1cccc(Nc2ncnc3cc(NC(=O)CCl)ccc23)c1Cl. The molecule has 0 aliphatic carbocycles. The Balaban J connectivity index is 1.91. The van der Waals surface area contributed by atoms with E-state index in [0.29, 0.717) is 34.5 Å². The molecule has 1 heterocycles. The van der Waals surface area contributed by atoms with Gasteiger partial charge in [-0.05, 0) is 36.8 Å². The van der Waals surface area contributed by atoms with Crippen LogP contribution < -0.4 is 15.4 Å². The minimum atomic E-state index is -3.48. The Bertz CT molecular complexity index is 1190. The first-order valence-electron chi connectivity index (χ1n) is 8.99. The first-order valence-corrected chi connectivity index (χ1v) is 11.6. The second-order valence-electron chi connectivity index (χ2n) is 6.35. The zero-order chi connectivity index (χ0) is 21.7. The second-order valence-corrected chi connectivity index (χ2v) is 8.84. The lowest BCUT2D eigenvalue weighted by Gasteiger charge is -2.14. The van der Waals surface area contributed by atoms with Crippen LogP contribution in [0.5, 0.6) is 0 Å². The molecule has 11 heteroatoms. The van der Waals surface area contributed by atoms with Crippen LogP contribution in [0.3, 0.4) is 0 Å². The van der Waals surface area contributed by atoms with E-state index >= 15 is 0 Å². The normalized spacial score (nSPS) is 11.3. The van der Waals surface area contributed by atoms with Crippen molar-refractivity contribution in [1.82, 2.24) is 9.97 Å². The van der Waals surface area contributed by atoms with Gasteiger partial charge in [-0.2, -0.15) is 0 Å². The molecule has 0 bridgehead atoms. The molecule has 158 valence electrons. The van der Waals surface area contributed by atoms with Crippen molar-refractivity contribution in [3.8, 4) is 0 Å². The number of anilines is 4. The van der Waals surface area contributed by atoms with Crippen molar-refractivity contribution in [3.05, 3.63) is 47.7 Å². The fourth-order valence-electron chi connectivity index (χ4n) is 2.75. The number of nitrogens with one attached hydrogen (secondary N) is 3. The van der Waals surface area contributed by atoms with E-state index in [-0.39, 0.29) is 28.3 Å². The van der Waals surface area contributed by atoms with Crippen molar-refractivity contribution in [1.29, 1.82) is 0 Å². The Labute approximate surface area is 184 Å². The number of amides is 1. The Hall–Kier alpha value is -2.62. The minimum absolute atomic E-state index is 0.000122. The fourth-order valence-corrected chi connectivity index (χ4v) is 4.24. The number of rotatable bonds is 8. The van der Waals surface area contributed by atoms with Crippen molar-refractivity contribution in [2.24, 2.45) is 0 Å². The number of sulfonamides is 1. The summed E-state index contributed by atoms with van der Waals surface area (Å²) >= 11 is 11.9. The van der Waals surface area contributed by atoms with Gasteiger partial charge in [0.15, 0.2) is 0 Å². The highest BCUT2D eigenvalue weighted by Gasteiger charge is 2.15. The van der Waals surface area contributed by atoms with Gasteiger partial charge >= 0.3 is 0 Å². The molecule has 0 saturated heterocycles. The summed E-state index contributed by atoms with van der Waals surface area (Å²) in [6.45, 7) is 1.78. The second kappa shape index (κ2) is 9.46. The van der Waals surface area contributed by atoms with Crippen molar-refractivity contribution in [2.75, 3.05) is 27.0 Å². The number of halogens is 2. The van der Waals surface area contributed by atoms with Crippen LogP contribution in [-0.4, -0.2) is 35.9 Å². The first-order chi connectivity index (χ1) is 14.3. The average molecular weight is 468 g/mol. The number of carbonyl (C=O) groups excluding carboxylic acids is 1. The lowest BCUT2D eigenvalue weighted by Crippen LogP contribution is -2.16. The molecule has 30 heavy (non-hydrogen) atoms. The summed E-state index contributed by atoms with van der Waals surface area (Å²) in [6.07, 6.45) is 1.87.